The molecule has 1 aliphatic rings. The Morgan fingerprint density at radius 3 is 2.42 bits per heavy atom. The van der Waals surface area contributed by atoms with Crippen LogP contribution in [0.1, 0.15) is 24.8 Å². The van der Waals surface area contributed by atoms with E-state index in [1.807, 2.05) is 65.6 Å². The summed E-state index contributed by atoms with van der Waals surface area (Å²) in [5, 5.41) is 10.6. The first-order chi connectivity index (χ1) is 15.2. The van der Waals surface area contributed by atoms with E-state index in [0.717, 1.165) is 52.8 Å². The van der Waals surface area contributed by atoms with Crippen LogP contribution >= 0.6 is 27.7 Å². The number of piperidine rings is 1. The van der Waals surface area contributed by atoms with Gasteiger partial charge in [0.25, 0.3) is 0 Å². The number of halogens is 1. The fourth-order valence-corrected chi connectivity index (χ4v) is 4.88. The maximum absolute atomic E-state index is 12.7. The van der Waals surface area contributed by atoms with Gasteiger partial charge in [0.15, 0.2) is 0 Å². The number of nitrogens with zero attached hydrogens (tertiary/aromatic N) is 3. The molecule has 0 saturated carbocycles. The van der Waals surface area contributed by atoms with Crippen molar-refractivity contribution < 1.29 is 4.79 Å². The lowest BCUT2D eigenvalue weighted by Crippen LogP contribution is -2.36. The lowest BCUT2D eigenvalue weighted by Gasteiger charge is -2.26. The van der Waals surface area contributed by atoms with Crippen LogP contribution in [0.3, 0.4) is 0 Å². The van der Waals surface area contributed by atoms with Crippen LogP contribution in [0.15, 0.2) is 70.2 Å². The minimum Gasteiger partial charge on any atom is -0.342 e. The van der Waals surface area contributed by atoms with Crippen LogP contribution in [-0.2, 0) is 4.79 Å². The number of hydrogen-bond acceptors (Lipinski definition) is 4. The molecule has 4 nitrogen and oxygen atoms in total. The molecule has 0 radical (unpaired) electrons. The number of hydrogen-bond donors (Lipinski definition) is 0. The third kappa shape index (κ3) is 5.17. The van der Waals surface area contributed by atoms with Crippen molar-refractivity contribution in [3.63, 3.8) is 0 Å². The molecule has 31 heavy (non-hydrogen) atoms. The number of benzene rings is 2. The molecule has 4 rings (SSSR count). The molecule has 1 amide bonds. The molecule has 1 aromatic heterocycles. The lowest BCUT2D eigenvalue weighted by molar-refractivity contribution is -0.129. The van der Waals surface area contributed by atoms with Crippen LogP contribution in [0.4, 0.5) is 0 Å². The van der Waals surface area contributed by atoms with Gasteiger partial charge in [-0.3, -0.25) is 4.79 Å². The summed E-state index contributed by atoms with van der Waals surface area (Å²) in [6, 6.07) is 22.1. The molecule has 1 aliphatic heterocycles. The van der Waals surface area contributed by atoms with Crippen LogP contribution in [-0.4, -0.2) is 34.6 Å². The Bertz CT molecular complexity index is 1100. The van der Waals surface area contributed by atoms with Gasteiger partial charge >= 0.3 is 0 Å². The van der Waals surface area contributed by atoms with Crippen LogP contribution in [0.25, 0.3) is 22.4 Å². The van der Waals surface area contributed by atoms with Crippen molar-refractivity contribution in [2.24, 2.45) is 0 Å². The number of nitriles is 1. The molecule has 6 heteroatoms. The first kappa shape index (κ1) is 21.6. The molecule has 0 aliphatic carbocycles. The second kappa shape index (κ2) is 10.1. The summed E-state index contributed by atoms with van der Waals surface area (Å²) in [6.07, 6.45) is 3.32. The molecular weight excluding hydrogens is 470 g/mol. The Morgan fingerprint density at radius 1 is 1.03 bits per heavy atom. The van der Waals surface area contributed by atoms with Crippen molar-refractivity contribution in [3.8, 4) is 28.5 Å². The highest BCUT2D eigenvalue weighted by atomic mass is 79.9. The standard InChI is InChI=1S/C25H22BrN3OS/c26-20-11-9-18(10-12-20)21-15-23(19-7-3-1-4-8-19)28-25(22(21)16-27)31-17-24(30)29-13-5-2-6-14-29/h1,3-4,7-12,15H,2,5-6,13-14,17H2. The zero-order valence-corrected chi connectivity index (χ0v) is 19.5. The minimum atomic E-state index is 0.116. The Hall–Kier alpha value is -2.62. The Balaban J connectivity index is 1.72. The normalized spacial score (nSPS) is 13.6. The highest BCUT2D eigenvalue weighted by Gasteiger charge is 2.20. The van der Waals surface area contributed by atoms with Crippen LogP contribution in [0.2, 0.25) is 0 Å². The maximum Gasteiger partial charge on any atom is 0.232 e. The number of aromatic nitrogens is 1. The van der Waals surface area contributed by atoms with Crippen molar-refractivity contribution in [2.45, 2.75) is 24.3 Å². The predicted molar refractivity (Wildman–Crippen MR) is 129 cm³/mol. The number of carbonyl (C=O) groups excluding carboxylic acids is 1. The summed E-state index contributed by atoms with van der Waals surface area (Å²) >= 11 is 4.83. The van der Waals surface area contributed by atoms with E-state index in [1.165, 1.54) is 18.2 Å². The largest absolute Gasteiger partial charge is 0.342 e. The molecule has 2 heterocycles. The van der Waals surface area contributed by atoms with E-state index in [2.05, 4.69) is 22.0 Å². The number of thioether (sulfide) groups is 1. The molecule has 0 atom stereocenters. The van der Waals surface area contributed by atoms with Gasteiger partial charge in [0.2, 0.25) is 5.91 Å². The third-order valence-electron chi connectivity index (χ3n) is 5.36. The maximum atomic E-state index is 12.7. The van der Waals surface area contributed by atoms with Gasteiger partial charge in [0.05, 0.1) is 17.0 Å². The third-order valence-corrected chi connectivity index (χ3v) is 6.85. The van der Waals surface area contributed by atoms with Crippen molar-refractivity contribution >= 4 is 33.6 Å². The van der Waals surface area contributed by atoms with E-state index >= 15 is 0 Å². The van der Waals surface area contributed by atoms with E-state index in [1.54, 1.807) is 0 Å². The van der Waals surface area contributed by atoms with Gasteiger partial charge in [-0.05, 0) is 43.0 Å². The average molecular weight is 492 g/mol. The fraction of sp³-hybridized carbons (Fsp3) is 0.240. The minimum absolute atomic E-state index is 0.116. The number of likely N-dealkylation sites (tertiary alicyclic amines) is 1. The number of pyridine rings is 1. The summed E-state index contributed by atoms with van der Waals surface area (Å²) in [5.41, 5.74) is 4.07. The molecular formula is C25H22BrN3OS. The van der Waals surface area contributed by atoms with Crippen LogP contribution < -0.4 is 0 Å². The molecule has 156 valence electrons. The SMILES string of the molecule is N#Cc1c(-c2ccc(Br)cc2)cc(-c2ccccc2)nc1SCC(=O)N1CCCCC1. The van der Waals surface area contributed by atoms with E-state index in [-0.39, 0.29) is 5.91 Å². The van der Waals surface area contributed by atoms with Crippen LogP contribution in [0.5, 0.6) is 0 Å². The summed E-state index contributed by atoms with van der Waals surface area (Å²) < 4.78 is 0.980. The molecule has 3 aromatic rings. The Kier molecular flexibility index (Phi) is 7.06. The summed E-state index contributed by atoms with van der Waals surface area (Å²) in [5.74, 6) is 0.408. The lowest BCUT2D eigenvalue weighted by atomic mass is 9.99. The summed E-state index contributed by atoms with van der Waals surface area (Å²) in [7, 11) is 0. The van der Waals surface area contributed by atoms with E-state index in [4.69, 9.17) is 4.98 Å². The second-order valence-corrected chi connectivity index (χ2v) is 9.33. The molecule has 0 unspecified atom stereocenters. The highest BCUT2D eigenvalue weighted by molar-refractivity contribution is 9.10. The molecule has 0 spiro atoms. The van der Waals surface area contributed by atoms with Crippen molar-refractivity contribution in [3.05, 3.63) is 70.7 Å². The van der Waals surface area contributed by atoms with Crippen molar-refractivity contribution in [1.82, 2.24) is 9.88 Å². The van der Waals surface area contributed by atoms with Crippen LogP contribution in [0, 0.1) is 11.3 Å². The quantitative estimate of drug-likeness (QED) is 0.401. The molecule has 2 aromatic carbocycles. The zero-order valence-electron chi connectivity index (χ0n) is 17.1. The number of rotatable bonds is 5. The number of amides is 1. The van der Waals surface area contributed by atoms with Crippen molar-refractivity contribution in [1.29, 1.82) is 5.26 Å². The van der Waals surface area contributed by atoms with Gasteiger partial charge in [-0.25, -0.2) is 4.98 Å². The average Bonchev–Trinajstić information content (AvgIpc) is 2.83. The first-order valence-corrected chi connectivity index (χ1v) is 12.1. The van der Waals surface area contributed by atoms with Gasteiger partial charge in [-0.1, -0.05) is 70.2 Å². The molecule has 1 saturated heterocycles. The van der Waals surface area contributed by atoms with Gasteiger partial charge < -0.3 is 4.90 Å². The second-order valence-electron chi connectivity index (χ2n) is 7.45. The summed E-state index contributed by atoms with van der Waals surface area (Å²) in [4.78, 5) is 19.4. The van der Waals surface area contributed by atoms with E-state index < -0.39 is 0 Å². The van der Waals surface area contributed by atoms with E-state index in [9.17, 15) is 10.1 Å². The Labute approximate surface area is 195 Å². The molecule has 0 N–H and O–H groups in total. The molecule has 1 fully saturated rings. The van der Waals surface area contributed by atoms with Gasteiger partial charge in [-0.2, -0.15) is 5.26 Å². The van der Waals surface area contributed by atoms with Gasteiger partial charge in [0.1, 0.15) is 11.1 Å². The van der Waals surface area contributed by atoms with Gasteiger partial charge in [0, 0.05) is 28.7 Å². The predicted octanol–water partition coefficient (Wildman–Crippen LogP) is 6.15. The topological polar surface area (TPSA) is 57.0 Å². The molecule has 0 bridgehead atoms. The van der Waals surface area contributed by atoms with Crippen molar-refractivity contribution in [2.75, 3.05) is 18.8 Å². The van der Waals surface area contributed by atoms with E-state index in [0.29, 0.717) is 16.3 Å². The first-order valence-electron chi connectivity index (χ1n) is 10.3. The highest BCUT2D eigenvalue weighted by Crippen LogP contribution is 2.34. The summed E-state index contributed by atoms with van der Waals surface area (Å²) in [6.45, 7) is 1.65. The number of carbonyl (C=O) groups is 1. The fourth-order valence-electron chi connectivity index (χ4n) is 3.71. The Morgan fingerprint density at radius 2 is 1.74 bits per heavy atom. The smallest absolute Gasteiger partial charge is 0.232 e. The zero-order chi connectivity index (χ0) is 21.6. The van der Waals surface area contributed by atoms with Gasteiger partial charge in [-0.15, -0.1) is 0 Å². The monoisotopic (exact) mass is 491 g/mol.